The van der Waals surface area contributed by atoms with Crippen molar-refractivity contribution in [2.24, 2.45) is 11.8 Å². The molecule has 144 valence electrons. The van der Waals surface area contributed by atoms with Gasteiger partial charge >= 0.3 is 0 Å². The van der Waals surface area contributed by atoms with Gasteiger partial charge in [-0.1, -0.05) is 94.4 Å². The monoisotopic (exact) mass is 380 g/mol. The van der Waals surface area contributed by atoms with E-state index in [-0.39, 0.29) is 11.0 Å². The van der Waals surface area contributed by atoms with Gasteiger partial charge < -0.3 is 9.53 Å². The van der Waals surface area contributed by atoms with E-state index in [1.54, 1.807) is 0 Å². The maximum Gasteiger partial charge on any atom is 0.261 e. The minimum atomic E-state index is -2.53. The summed E-state index contributed by atoms with van der Waals surface area (Å²) in [6, 6.07) is 21.4. The van der Waals surface area contributed by atoms with Crippen LogP contribution in [0.5, 0.6) is 0 Å². The lowest BCUT2D eigenvalue weighted by Crippen LogP contribution is -2.67. The second kappa shape index (κ2) is 7.74. The van der Waals surface area contributed by atoms with Gasteiger partial charge in [-0.2, -0.15) is 0 Å². The Kier molecular flexibility index (Phi) is 5.75. The highest BCUT2D eigenvalue weighted by molar-refractivity contribution is 6.99. The molecule has 1 aliphatic carbocycles. The van der Waals surface area contributed by atoms with Gasteiger partial charge in [0.1, 0.15) is 0 Å². The normalized spacial score (nSPS) is 23.3. The molecule has 0 spiro atoms. The molecule has 0 amide bonds. The van der Waals surface area contributed by atoms with E-state index in [0.717, 1.165) is 5.57 Å². The molecule has 0 saturated heterocycles. The van der Waals surface area contributed by atoms with Gasteiger partial charge in [-0.05, 0) is 33.8 Å². The standard InChI is InChI=1S/C24H32O2Si/c1-18-16-19(2)23(25)22(18)17-26-27(24(3,4)5,20-12-8-6-9-13-20)21-14-10-7-11-15-21/h6-16,18,22-23,25H,17H2,1-5H3/t18-,22+,23-/m1/s1. The maximum absolute atomic E-state index is 10.6. The van der Waals surface area contributed by atoms with E-state index in [1.165, 1.54) is 10.4 Å². The van der Waals surface area contributed by atoms with E-state index in [2.05, 4.69) is 94.4 Å². The molecule has 0 heterocycles. The number of rotatable bonds is 5. The first-order chi connectivity index (χ1) is 12.8. The number of hydrogen-bond acceptors (Lipinski definition) is 2. The average molecular weight is 381 g/mol. The third-order valence-electron chi connectivity index (χ3n) is 5.98. The number of aliphatic hydroxyl groups excluding tert-OH is 1. The van der Waals surface area contributed by atoms with Crippen LogP contribution in [-0.4, -0.2) is 26.1 Å². The fourth-order valence-corrected chi connectivity index (χ4v) is 9.09. The molecular weight excluding hydrogens is 348 g/mol. The summed E-state index contributed by atoms with van der Waals surface area (Å²) < 4.78 is 6.98. The molecule has 1 N–H and O–H groups in total. The van der Waals surface area contributed by atoms with Gasteiger partial charge in [0.2, 0.25) is 0 Å². The Morgan fingerprint density at radius 1 is 0.926 bits per heavy atom. The van der Waals surface area contributed by atoms with E-state index in [4.69, 9.17) is 4.43 Å². The van der Waals surface area contributed by atoms with E-state index < -0.39 is 14.4 Å². The van der Waals surface area contributed by atoms with Gasteiger partial charge in [-0.25, -0.2) is 0 Å². The predicted molar refractivity (Wildman–Crippen MR) is 116 cm³/mol. The summed E-state index contributed by atoms with van der Waals surface area (Å²) in [7, 11) is -2.53. The molecule has 0 radical (unpaired) electrons. The fraction of sp³-hybridized carbons (Fsp3) is 0.417. The van der Waals surface area contributed by atoms with Crippen molar-refractivity contribution in [1.29, 1.82) is 0 Å². The average Bonchev–Trinajstić information content (AvgIpc) is 2.88. The lowest BCUT2D eigenvalue weighted by molar-refractivity contribution is 0.0915. The molecular formula is C24H32O2Si. The molecule has 27 heavy (non-hydrogen) atoms. The molecule has 1 aliphatic rings. The zero-order valence-corrected chi connectivity index (χ0v) is 18.1. The minimum Gasteiger partial charge on any atom is -0.407 e. The van der Waals surface area contributed by atoms with Crippen LogP contribution >= 0.6 is 0 Å². The number of allylic oxidation sites excluding steroid dienone is 1. The zero-order chi connectivity index (χ0) is 19.7. The molecule has 0 aliphatic heterocycles. The summed E-state index contributed by atoms with van der Waals surface area (Å²) in [5, 5.41) is 13.2. The van der Waals surface area contributed by atoms with Crippen molar-refractivity contribution >= 4 is 18.7 Å². The van der Waals surface area contributed by atoms with E-state index in [0.29, 0.717) is 12.5 Å². The molecule has 3 atom stereocenters. The summed E-state index contributed by atoms with van der Waals surface area (Å²) in [6.45, 7) is 11.6. The summed E-state index contributed by atoms with van der Waals surface area (Å²) in [4.78, 5) is 0. The van der Waals surface area contributed by atoms with Crippen LogP contribution in [0.1, 0.15) is 34.6 Å². The van der Waals surface area contributed by atoms with Crippen molar-refractivity contribution in [3.05, 3.63) is 72.3 Å². The van der Waals surface area contributed by atoms with E-state index >= 15 is 0 Å². The predicted octanol–water partition coefficient (Wildman–Crippen LogP) is 4.14. The molecule has 0 unspecified atom stereocenters. The first-order valence-corrected chi connectivity index (χ1v) is 11.8. The fourth-order valence-electron chi connectivity index (χ4n) is 4.49. The van der Waals surface area contributed by atoms with Gasteiger partial charge in [-0.15, -0.1) is 0 Å². The van der Waals surface area contributed by atoms with Crippen LogP contribution in [0.4, 0.5) is 0 Å². The summed E-state index contributed by atoms with van der Waals surface area (Å²) in [5.41, 5.74) is 1.07. The second-order valence-corrected chi connectivity index (χ2v) is 13.2. The third-order valence-corrected chi connectivity index (χ3v) is 11.0. The summed E-state index contributed by atoms with van der Waals surface area (Å²) in [6.07, 6.45) is 1.78. The number of benzene rings is 2. The molecule has 0 saturated carbocycles. The minimum absolute atomic E-state index is 0.0367. The Hall–Kier alpha value is -1.68. The highest BCUT2D eigenvalue weighted by Gasteiger charge is 2.51. The SMILES string of the molecule is CC1=C[C@@H](C)[C@H](CO[Si](c2ccccc2)(c2ccccc2)C(C)(C)C)[C@@H]1O. The van der Waals surface area contributed by atoms with Crippen molar-refractivity contribution in [3.63, 3.8) is 0 Å². The molecule has 0 bridgehead atoms. The zero-order valence-electron chi connectivity index (χ0n) is 17.1. The third kappa shape index (κ3) is 3.69. The van der Waals surface area contributed by atoms with Gasteiger partial charge in [-0.3, -0.25) is 0 Å². The molecule has 0 fully saturated rings. The van der Waals surface area contributed by atoms with Crippen LogP contribution in [0.3, 0.4) is 0 Å². The summed E-state index contributed by atoms with van der Waals surface area (Å²) in [5.74, 6) is 0.449. The van der Waals surface area contributed by atoms with Crippen molar-refractivity contribution in [2.75, 3.05) is 6.61 Å². The van der Waals surface area contributed by atoms with Crippen LogP contribution in [0.15, 0.2) is 72.3 Å². The van der Waals surface area contributed by atoms with Crippen LogP contribution < -0.4 is 10.4 Å². The Morgan fingerprint density at radius 2 is 1.41 bits per heavy atom. The number of aliphatic hydroxyl groups is 1. The largest absolute Gasteiger partial charge is 0.407 e. The number of hydrogen-bond donors (Lipinski definition) is 1. The Bertz CT molecular complexity index is 738. The van der Waals surface area contributed by atoms with Crippen molar-refractivity contribution < 1.29 is 9.53 Å². The first kappa shape index (κ1) is 20.1. The highest BCUT2D eigenvalue weighted by atomic mass is 28.4. The molecule has 2 aromatic rings. The van der Waals surface area contributed by atoms with E-state index in [9.17, 15) is 5.11 Å². The van der Waals surface area contributed by atoms with Gasteiger partial charge in [0.15, 0.2) is 0 Å². The van der Waals surface area contributed by atoms with Crippen LogP contribution in [0.2, 0.25) is 5.04 Å². The molecule has 3 heteroatoms. The molecule has 2 aromatic carbocycles. The Balaban J connectivity index is 2.05. The highest BCUT2D eigenvalue weighted by Crippen LogP contribution is 2.39. The second-order valence-electron chi connectivity index (χ2n) is 8.85. The van der Waals surface area contributed by atoms with Crippen molar-refractivity contribution in [3.8, 4) is 0 Å². The van der Waals surface area contributed by atoms with Crippen LogP contribution in [0.25, 0.3) is 0 Å². The van der Waals surface area contributed by atoms with Gasteiger partial charge in [0.05, 0.1) is 6.10 Å². The van der Waals surface area contributed by atoms with Gasteiger partial charge in [0.25, 0.3) is 8.32 Å². The van der Waals surface area contributed by atoms with E-state index in [1.807, 2.05) is 6.92 Å². The smallest absolute Gasteiger partial charge is 0.261 e. The topological polar surface area (TPSA) is 29.5 Å². The lowest BCUT2D eigenvalue weighted by Gasteiger charge is -2.44. The Morgan fingerprint density at radius 3 is 1.78 bits per heavy atom. The first-order valence-electron chi connectivity index (χ1n) is 9.89. The van der Waals surface area contributed by atoms with Crippen molar-refractivity contribution in [1.82, 2.24) is 0 Å². The van der Waals surface area contributed by atoms with Crippen LogP contribution in [0, 0.1) is 11.8 Å². The Labute approximate surface area is 165 Å². The molecule has 2 nitrogen and oxygen atoms in total. The van der Waals surface area contributed by atoms with Crippen molar-refractivity contribution in [2.45, 2.75) is 45.8 Å². The lowest BCUT2D eigenvalue weighted by atomic mass is 9.96. The maximum atomic E-state index is 10.6. The summed E-state index contributed by atoms with van der Waals surface area (Å²) >= 11 is 0. The molecule has 0 aromatic heterocycles. The molecule has 3 rings (SSSR count). The van der Waals surface area contributed by atoms with Gasteiger partial charge in [0, 0.05) is 12.5 Å². The quantitative estimate of drug-likeness (QED) is 0.624. The van der Waals surface area contributed by atoms with Crippen LogP contribution in [-0.2, 0) is 4.43 Å².